The predicted molar refractivity (Wildman–Crippen MR) is 222 cm³/mol. The third kappa shape index (κ3) is 5.30. The van der Waals surface area contributed by atoms with Crippen molar-refractivity contribution in [2.75, 3.05) is 4.90 Å². The maximum Gasteiger partial charge on any atom is 0.127 e. The number of fused-ring (bicyclic) bond motifs is 6. The summed E-state index contributed by atoms with van der Waals surface area (Å²) in [5.74, 6) is 2.76. The minimum Gasteiger partial charge on any atom is -0.485 e. The Labute approximate surface area is 317 Å². The van der Waals surface area contributed by atoms with Gasteiger partial charge in [0.15, 0.2) is 0 Å². The van der Waals surface area contributed by atoms with Crippen LogP contribution < -0.4 is 15.3 Å². The van der Waals surface area contributed by atoms with E-state index in [9.17, 15) is 0 Å². The number of hydrogen-bond donors (Lipinski definition) is 0. The van der Waals surface area contributed by atoms with Crippen LogP contribution in [-0.4, -0.2) is 17.4 Å². The van der Waals surface area contributed by atoms with Gasteiger partial charge in [-0.3, -0.25) is 0 Å². The van der Waals surface area contributed by atoms with Gasteiger partial charge in [-0.1, -0.05) is 140 Å². The van der Waals surface area contributed by atoms with Crippen molar-refractivity contribution in [2.24, 2.45) is 23.7 Å². The summed E-state index contributed by atoms with van der Waals surface area (Å²) in [7, 11) is 0. The fourth-order valence-corrected chi connectivity index (χ4v) is 11.6. The molecule has 0 spiro atoms. The summed E-state index contributed by atoms with van der Waals surface area (Å²) in [4.78, 5) is 4.17. The fraction of sp³-hybridized carbons (Fsp3) is 0.240. The Morgan fingerprint density at radius 1 is 0.698 bits per heavy atom. The normalized spacial score (nSPS) is 31.1. The third-order valence-electron chi connectivity index (χ3n) is 12.7. The van der Waals surface area contributed by atoms with E-state index in [1.807, 2.05) is 11.8 Å². The minimum absolute atomic E-state index is 0.0939. The zero-order valence-corrected chi connectivity index (χ0v) is 30.7. The summed E-state index contributed by atoms with van der Waals surface area (Å²) < 4.78 is 6.72. The van der Waals surface area contributed by atoms with Gasteiger partial charge >= 0.3 is 0 Å². The summed E-state index contributed by atoms with van der Waals surface area (Å²) in [5, 5.41) is 3.25. The predicted octanol–water partition coefficient (Wildman–Crippen LogP) is 10.1. The van der Waals surface area contributed by atoms with Crippen LogP contribution in [0.25, 0.3) is 16.8 Å². The molecule has 2 aromatic carbocycles. The van der Waals surface area contributed by atoms with Gasteiger partial charge in [-0.05, 0) is 89.0 Å². The van der Waals surface area contributed by atoms with Crippen molar-refractivity contribution in [1.82, 2.24) is 0 Å². The number of allylic oxidation sites excluding steroid dienone is 16. The molecule has 2 nitrogen and oxygen atoms in total. The number of rotatable bonds is 5. The molecule has 0 N–H and O–H groups in total. The highest BCUT2D eigenvalue weighted by atomic mass is 32.2. The molecule has 11 rings (SSSR count). The smallest absolute Gasteiger partial charge is 0.127 e. The van der Waals surface area contributed by atoms with Gasteiger partial charge in [0, 0.05) is 50.4 Å². The van der Waals surface area contributed by atoms with E-state index >= 15 is 0 Å². The number of thioether (sulfide) groups is 1. The van der Waals surface area contributed by atoms with Gasteiger partial charge in [0.25, 0.3) is 0 Å². The van der Waals surface area contributed by atoms with Crippen LogP contribution in [0, 0.1) is 23.7 Å². The molecule has 2 aliphatic heterocycles. The maximum absolute atomic E-state index is 6.72. The lowest BCUT2D eigenvalue weighted by atomic mass is 9.80. The van der Waals surface area contributed by atoms with Crippen molar-refractivity contribution in [3.8, 4) is 0 Å². The van der Waals surface area contributed by atoms with Crippen molar-refractivity contribution < 1.29 is 4.74 Å². The van der Waals surface area contributed by atoms with Gasteiger partial charge in [0.2, 0.25) is 0 Å². The molecule has 0 radical (unpaired) electrons. The second-order valence-corrected chi connectivity index (χ2v) is 16.8. The molecule has 9 aliphatic rings. The summed E-state index contributed by atoms with van der Waals surface area (Å²) in [6.07, 6.45) is 47.2. The summed E-state index contributed by atoms with van der Waals surface area (Å²) in [6.45, 7) is 0. The molecule has 53 heavy (non-hydrogen) atoms. The van der Waals surface area contributed by atoms with Crippen molar-refractivity contribution in [2.45, 2.75) is 49.5 Å². The molecule has 2 heterocycles. The van der Waals surface area contributed by atoms with Crippen LogP contribution in [0.15, 0.2) is 185 Å². The van der Waals surface area contributed by atoms with Gasteiger partial charge in [0.1, 0.15) is 11.9 Å². The Morgan fingerprint density at radius 2 is 1.55 bits per heavy atom. The summed E-state index contributed by atoms with van der Waals surface area (Å²) in [5.41, 5.74) is 11.2. The second kappa shape index (κ2) is 12.8. The molecular formula is C50H43NOS. The highest BCUT2D eigenvalue weighted by Crippen LogP contribution is 2.51. The molecule has 2 aromatic rings. The first kappa shape index (κ1) is 31.5. The lowest BCUT2D eigenvalue weighted by molar-refractivity contribution is 0.168. The van der Waals surface area contributed by atoms with E-state index in [1.54, 1.807) is 5.57 Å². The average Bonchev–Trinajstić information content (AvgIpc) is 3.79. The minimum atomic E-state index is 0.0939. The molecule has 7 unspecified atom stereocenters. The van der Waals surface area contributed by atoms with Crippen LogP contribution in [0.2, 0.25) is 0 Å². The largest absolute Gasteiger partial charge is 0.485 e. The van der Waals surface area contributed by atoms with E-state index in [4.69, 9.17) is 4.74 Å². The van der Waals surface area contributed by atoms with Gasteiger partial charge in [-0.25, -0.2) is 0 Å². The van der Waals surface area contributed by atoms with E-state index in [1.165, 1.54) is 60.3 Å². The molecule has 0 fully saturated rings. The van der Waals surface area contributed by atoms with Gasteiger partial charge in [0.05, 0.1) is 6.04 Å². The monoisotopic (exact) mass is 705 g/mol. The van der Waals surface area contributed by atoms with Crippen LogP contribution >= 0.6 is 11.8 Å². The Hall–Kier alpha value is -4.99. The average molecular weight is 706 g/mol. The molecule has 0 aromatic heterocycles. The van der Waals surface area contributed by atoms with Crippen LogP contribution in [0.3, 0.4) is 0 Å². The van der Waals surface area contributed by atoms with Gasteiger partial charge in [-0.2, -0.15) is 0 Å². The first-order valence-corrected chi connectivity index (χ1v) is 20.5. The molecule has 0 amide bonds. The molecular weight excluding hydrogens is 663 g/mol. The molecule has 0 saturated heterocycles. The highest BCUT2D eigenvalue weighted by Gasteiger charge is 2.40. The quantitative estimate of drug-likeness (QED) is 0.307. The first-order valence-electron chi connectivity index (χ1n) is 19.6. The number of benzene rings is 2. The van der Waals surface area contributed by atoms with Crippen LogP contribution in [-0.2, 0) is 4.74 Å². The molecule has 0 saturated carbocycles. The topological polar surface area (TPSA) is 12.5 Å². The SMILES string of the molecule is C1=CCC(C2=CCCC3=C2OC2C=CC(c4ccc(N(C5=c6ccccc6=C6C=CC=CC6C5)C5C=CC6=C(C5)C5C=CC=CC5S6)cc4)=CC32)C=C1. The molecule has 260 valence electrons. The van der Waals surface area contributed by atoms with E-state index in [-0.39, 0.29) is 12.1 Å². The van der Waals surface area contributed by atoms with Crippen molar-refractivity contribution in [1.29, 1.82) is 0 Å². The van der Waals surface area contributed by atoms with Crippen LogP contribution in [0.5, 0.6) is 0 Å². The third-order valence-corrected chi connectivity index (χ3v) is 14.1. The number of hydrogen-bond acceptors (Lipinski definition) is 3. The maximum atomic E-state index is 6.72. The van der Waals surface area contributed by atoms with Crippen LogP contribution in [0.1, 0.15) is 37.7 Å². The summed E-state index contributed by atoms with van der Waals surface area (Å²) >= 11 is 2.04. The van der Waals surface area contributed by atoms with E-state index < -0.39 is 0 Å². The fourth-order valence-electron chi connectivity index (χ4n) is 10.2. The Kier molecular flexibility index (Phi) is 7.64. The van der Waals surface area contributed by atoms with Crippen molar-refractivity contribution >= 4 is 34.3 Å². The van der Waals surface area contributed by atoms with E-state index in [0.29, 0.717) is 28.9 Å². The van der Waals surface area contributed by atoms with Crippen molar-refractivity contribution in [3.63, 3.8) is 0 Å². The Bertz CT molecular complexity index is 2420. The van der Waals surface area contributed by atoms with Gasteiger partial charge < -0.3 is 9.64 Å². The highest BCUT2D eigenvalue weighted by molar-refractivity contribution is 8.04. The lowest BCUT2D eigenvalue weighted by Gasteiger charge is -2.39. The zero-order chi connectivity index (χ0) is 34.9. The lowest BCUT2D eigenvalue weighted by Crippen LogP contribution is -2.44. The Morgan fingerprint density at radius 3 is 2.45 bits per heavy atom. The second-order valence-electron chi connectivity index (χ2n) is 15.6. The van der Waals surface area contributed by atoms with Crippen LogP contribution in [0.4, 0.5) is 5.69 Å². The summed E-state index contributed by atoms with van der Waals surface area (Å²) in [6, 6.07) is 18.8. The van der Waals surface area contributed by atoms with E-state index in [2.05, 4.69) is 163 Å². The molecule has 7 atom stereocenters. The van der Waals surface area contributed by atoms with E-state index in [0.717, 1.165) is 32.1 Å². The molecule has 3 heteroatoms. The number of ether oxygens (including phenoxy) is 1. The Balaban J connectivity index is 0.959. The van der Waals surface area contributed by atoms with Crippen molar-refractivity contribution in [3.05, 3.63) is 201 Å². The first-order chi connectivity index (χ1) is 26.3. The number of anilines is 1. The standard InChI is InChI=1S/C50H43NOS/c1-2-11-33(12-3-1)39-18-10-19-43-44-29-34(23-27-47(44)52-50(39)43)32-21-24-36(25-22-32)51(37-26-28-49-45(31-37)42-17-8-9-20-48(42)53-49)46-30-35-13-4-5-14-38(35)40-15-6-7-16-41(40)46/h1-9,11,13-18,20-29,33,35,37,42,44,47-48H,10,12,19,30-31H2. The molecule has 7 aliphatic carbocycles. The zero-order valence-electron chi connectivity index (χ0n) is 29.9. The number of nitrogens with zero attached hydrogens (tertiary/aromatic N) is 1. The molecule has 0 bridgehead atoms. The van der Waals surface area contributed by atoms with Gasteiger partial charge in [-0.15, -0.1) is 11.8 Å².